The summed E-state index contributed by atoms with van der Waals surface area (Å²) in [7, 11) is 0. The number of hydrogen-bond acceptors (Lipinski definition) is 2. The van der Waals surface area contributed by atoms with E-state index in [0.29, 0.717) is 12.5 Å². The Bertz CT molecular complexity index is 377. The lowest BCUT2D eigenvalue weighted by Gasteiger charge is -2.15. The van der Waals surface area contributed by atoms with Crippen molar-refractivity contribution in [3.05, 3.63) is 42.0 Å². The summed E-state index contributed by atoms with van der Waals surface area (Å²) < 4.78 is 0. The van der Waals surface area contributed by atoms with Gasteiger partial charge in [-0.15, -0.1) is 12.4 Å². The summed E-state index contributed by atoms with van der Waals surface area (Å²) in [5, 5.41) is 2.78. The van der Waals surface area contributed by atoms with Gasteiger partial charge in [-0.1, -0.05) is 44.2 Å². The van der Waals surface area contributed by atoms with Gasteiger partial charge in [0.25, 0.3) is 0 Å². The van der Waals surface area contributed by atoms with E-state index in [1.807, 2.05) is 44.2 Å². The molecule has 1 amide bonds. The zero-order chi connectivity index (χ0) is 12.7. The van der Waals surface area contributed by atoms with Crippen LogP contribution in [-0.2, 0) is 4.79 Å². The van der Waals surface area contributed by atoms with Crippen molar-refractivity contribution in [2.45, 2.75) is 19.9 Å². The molecule has 1 aromatic rings. The van der Waals surface area contributed by atoms with Crippen molar-refractivity contribution in [2.24, 2.45) is 11.7 Å². The second-order valence-corrected chi connectivity index (χ2v) is 4.40. The van der Waals surface area contributed by atoms with Crippen LogP contribution in [0.25, 0.3) is 6.08 Å². The normalized spacial score (nSPS) is 12.2. The lowest BCUT2D eigenvalue weighted by molar-refractivity contribution is -0.116. The maximum Gasteiger partial charge on any atom is 0.244 e. The molecule has 18 heavy (non-hydrogen) atoms. The first-order valence-corrected chi connectivity index (χ1v) is 5.86. The smallest absolute Gasteiger partial charge is 0.244 e. The van der Waals surface area contributed by atoms with Crippen LogP contribution >= 0.6 is 12.4 Å². The Morgan fingerprint density at radius 3 is 2.50 bits per heavy atom. The predicted molar refractivity (Wildman–Crippen MR) is 78.5 cm³/mol. The Labute approximate surface area is 115 Å². The van der Waals surface area contributed by atoms with Crippen LogP contribution in [0.3, 0.4) is 0 Å². The Morgan fingerprint density at radius 1 is 1.33 bits per heavy atom. The Morgan fingerprint density at radius 2 is 1.94 bits per heavy atom. The minimum Gasteiger partial charge on any atom is -0.351 e. The van der Waals surface area contributed by atoms with E-state index in [1.54, 1.807) is 6.08 Å². The molecule has 0 radical (unpaired) electrons. The van der Waals surface area contributed by atoms with Gasteiger partial charge in [-0.25, -0.2) is 0 Å². The average Bonchev–Trinajstić information content (AvgIpc) is 2.34. The summed E-state index contributed by atoms with van der Waals surface area (Å²) in [6, 6.07) is 9.72. The number of hydrogen-bond donors (Lipinski definition) is 2. The fourth-order valence-electron chi connectivity index (χ4n) is 1.25. The van der Waals surface area contributed by atoms with Gasteiger partial charge >= 0.3 is 0 Å². The third-order valence-electron chi connectivity index (χ3n) is 2.60. The molecule has 0 spiro atoms. The van der Waals surface area contributed by atoms with Crippen molar-refractivity contribution in [1.82, 2.24) is 5.32 Å². The highest BCUT2D eigenvalue weighted by Gasteiger charge is 2.07. The van der Waals surface area contributed by atoms with E-state index in [-0.39, 0.29) is 24.4 Å². The van der Waals surface area contributed by atoms with Crippen LogP contribution in [0, 0.1) is 5.92 Å². The average molecular weight is 269 g/mol. The van der Waals surface area contributed by atoms with Crippen molar-refractivity contribution < 1.29 is 4.79 Å². The van der Waals surface area contributed by atoms with Gasteiger partial charge in [0.05, 0.1) is 0 Å². The number of carbonyl (C=O) groups is 1. The molecule has 1 atom stereocenters. The molecule has 0 saturated carbocycles. The van der Waals surface area contributed by atoms with Gasteiger partial charge in [-0.05, 0) is 17.6 Å². The van der Waals surface area contributed by atoms with Crippen molar-refractivity contribution >= 4 is 24.4 Å². The molecule has 0 aromatic heterocycles. The van der Waals surface area contributed by atoms with Gasteiger partial charge in [-0.2, -0.15) is 0 Å². The molecule has 1 rings (SSSR count). The molecule has 4 heteroatoms. The molecule has 0 aliphatic rings. The van der Waals surface area contributed by atoms with E-state index in [2.05, 4.69) is 5.32 Å². The Hall–Kier alpha value is -1.32. The van der Waals surface area contributed by atoms with E-state index in [9.17, 15) is 4.79 Å². The number of benzene rings is 1. The fourth-order valence-corrected chi connectivity index (χ4v) is 1.25. The highest BCUT2D eigenvalue weighted by molar-refractivity contribution is 5.91. The van der Waals surface area contributed by atoms with E-state index >= 15 is 0 Å². The van der Waals surface area contributed by atoms with Crippen LogP contribution in [0.2, 0.25) is 0 Å². The van der Waals surface area contributed by atoms with Gasteiger partial charge in [0.1, 0.15) is 0 Å². The van der Waals surface area contributed by atoms with E-state index in [0.717, 1.165) is 5.56 Å². The zero-order valence-electron chi connectivity index (χ0n) is 10.8. The van der Waals surface area contributed by atoms with E-state index < -0.39 is 0 Å². The highest BCUT2D eigenvalue weighted by Crippen LogP contribution is 2.00. The minimum atomic E-state index is -0.107. The summed E-state index contributed by atoms with van der Waals surface area (Å²) in [5.41, 5.74) is 6.84. The number of nitrogens with two attached hydrogens (primary N) is 1. The van der Waals surface area contributed by atoms with Crippen molar-refractivity contribution in [1.29, 1.82) is 0 Å². The van der Waals surface area contributed by atoms with Crippen molar-refractivity contribution in [3.63, 3.8) is 0 Å². The van der Waals surface area contributed by atoms with Crippen LogP contribution in [0.1, 0.15) is 19.4 Å². The first-order valence-electron chi connectivity index (χ1n) is 5.86. The van der Waals surface area contributed by atoms with E-state index in [1.165, 1.54) is 6.08 Å². The first-order chi connectivity index (χ1) is 8.09. The third-order valence-corrected chi connectivity index (χ3v) is 2.60. The van der Waals surface area contributed by atoms with Gasteiger partial charge in [-0.3, -0.25) is 4.79 Å². The van der Waals surface area contributed by atoms with Gasteiger partial charge < -0.3 is 11.1 Å². The molecule has 1 aromatic carbocycles. The Balaban J connectivity index is 0.00000289. The summed E-state index contributed by atoms with van der Waals surface area (Å²) in [6.07, 6.45) is 3.32. The Kier molecular flexibility index (Phi) is 8.08. The summed E-state index contributed by atoms with van der Waals surface area (Å²) in [5.74, 6) is 0.262. The highest BCUT2D eigenvalue weighted by atomic mass is 35.5. The number of carbonyl (C=O) groups excluding carboxylic acids is 1. The first kappa shape index (κ1) is 16.7. The topological polar surface area (TPSA) is 55.1 Å². The molecule has 0 aliphatic carbocycles. The lowest BCUT2D eigenvalue weighted by atomic mass is 10.1. The number of rotatable bonds is 5. The largest absolute Gasteiger partial charge is 0.351 e. The molecule has 0 bridgehead atoms. The van der Waals surface area contributed by atoms with Crippen LogP contribution < -0.4 is 11.1 Å². The lowest BCUT2D eigenvalue weighted by Crippen LogP contribution is -2.39. The van der Waals surface area contributed by atoms with Crippen LogP contribution in [0.15, 0.2) is 36.4 Å². The quantitative estimate of drug-likeness (QED) is 0.805. The second kappa shape index (κ2) is 8.72. The predicted octanol–water partition coefficient (Wildman–Crippen LogP) is 2.22. The summed E-state index contributed by atoms with van der Waals surface area (Å²) >= 11 is 0. The third kappa shape index (κ3) is 6.42. The fraction of sp³-hybridized carbons (Fsp3) is 0.357. The van der Waals surface area contributed by atoms with Crippen LogP contribution in [0.4, 0.5) is 0 Å². The molecular weight excluding hydrogens is 248 g/mol. The number of nitrogens with one attached hydrogen (secondary N) is 1. The minimum absolute atomic E-state index is 0. The maximum absolute atomic E-state index is 11.5. The second-order valence-electron chi connectivity index (χ2n) is 4.40. The molecule has 0 saturated heterocycles. The van der Waals surface area contributed by atoms with Crippen molar-refractivity contribution in [3.8, 4) is 0 Å². The maximum atomic E-state index is 11.5. The van der Waals surface area contributed by atoms with Crippen LogP contribution in [0.5, 0.6) is 0 Å². The molecule has 3 N–H and O–H groups in total. The number of amides is 1. The molecule has 3 nitrogen and oxygen atoms in total. The molecular formula is C14H21ClN2O. The van der Waals surface area contributed by atoms with Gasteiger partial charge in [0, 0.05) is 18.7 Å². The monoisotopic (exact) mass is 268 g/mol. The summed E-state index contributed by atoms with van der Waals surface area (Å²) in [6.45, 7) is 4.59. The van der Waals surface area contributed by atoms with E-state index in [4.69, 9.17) is 5.73 Å². The van der Waals surface area contributed by atoms with Crippen molar-refractivity contribution in [2.75, 3.05) is 6.54 Å². The zero-order valence-corrected chi connectivity index (χ0v) is 11.6. The molecule has 0 aliphatic heterocycles. The number of halogens is 1. The molecule has 0 unspecified atom stereocenters. The standard InChI is InChI=1S/C14H20N2O.ClH/c1-11(2)13(15)10-16-14(17)9-8-12-6-4-3-5-7-12;/h3-9,11,13H,10,15H2,1-2H3,(H,16,17);1H/t13-;/m1./s1. The van der Waals surface area contributed by atoms with Crippen LogP contribution in [-0.4, -0.2) is 18.5 Å². The SMILES string of the molecule is CC(C)[C@H](N)CNC(=O)C=Cc1ccccc1.Cl. The van der Waals surface area contributed by atoms with Gasteiger partial charge in [0.2, 0.25) is 5.91 Å². The molecule has 0 fully saturated rings. The summed E-state index contributed by atoms with van der Waals surface area (Å²) in [4.78, 5) is 11.5. The molecule has 100 valence electrons. The van der Waals surface area contributed by atoms with Gasteiger partial charge in [0.15, 0.2) is 0 Å². The molecule has 0 heterocycles.